The third-order valence-electron chi connectivity index (χ3n) is 0.652. The molecule has 0 N–H and O–H groups in total. The first kappa shape index (κ1) is 8.85. The standard InChI is InChI=1S/C3H4N2O2S.Cr/c6-8(7)5-2-1-4-3-5;/h1-3H,(H,6,7);/p-1. The second-order valence-corrected chi connectivity index (χ2v) is 2.00. The quantitative estimate of drug-likeness (QED) is 0.552. The predicted molar refractivity (Wildman–Crippen MR) is 26.5 cm³/mol. The van der Waals surface area contributed by atoms with E-state index in [1.165, 1.54) is 18.7 Å². The molecule has 1 heterocycles. The summed E-state index contributed by atoms with van der Waals surface area (Å²) in [6, 6.07) is 0. The van der Waals surface area contributed by atoms with Crippen LogP contribution in [-0.4, -0.2) is 17.7 Å². The Bertz CT molecular complexity index is 188. The molecule has 0 amide bonds. The van der Waals surface area contributed by atoms with Crippen molar-refractivity contribution in [2.75, 3.05) is 0 Å². The SMILES string of the molecule is O=S([O-])n1ccnc1.[Cr]. The van der Waals surface area contributed by atoms with Crippen LogP contribution in [0.2, 0.25) is 0 Å². The molecule has 0 spiro atoms. The molecule has 0 radical (unpaired) electrons. The minimum atomic E-state index is -2.19. The molecule has 1 aromatic rings. The smallest absolute Gasteiger partial charge is 0.106 e. The zero-order valence-electron chi connectivity index (χ0n) is 4.26. The molecule has 50 valence electrons. The van der Waals surface area contributed by atoms with Gasteiger partial charge in [0.15, 0.2) is 0 Å². The van der Waals surface area contributed by atoms with Gasteiger partial charge in [-0.3, -0.25) is 8.18 Å². The molecule has 0 aromatic carbocycles. The van der Waals surface area contributed by atoms with Crippen molar-refractivity contribution in [1.82, 2.24) is 8.96 Å². The first-order valence-electron chi connectivity index (χ1n) is 1.88. The van der Waals surface area contributed by atoms with Crippen molar-refractivity contribution >= 4 is 11.3 Å². The van der Waals surface area contributed by atoms with Crippen LogP contribution in [0.4, 0.5) is 0 Å². The average molecular weight is 183 g/mol. The van der Waals surface area contributed by atoms with Crippen molar-refractivity contribution < 1.29 is 26.1 Å². The van der Waals surface area contributed by atoms with Crippen molar-refractivity contribution in [2.24, 2.45) is 0 Å². The van der Waals surface area contributed by atoms with Gasteiger partial charge in [-0.2, -0.15) is 0 Å². The van der Waals surface area contributed by atoms with Crippen molar-refractivity contribution in [3.8, 4) is 0 Å². The van der Waals surface area contributed by atoms with Crippen LogP contribution in [0.1, 0.15) is 0 Å². The summed E-state index contributed by atoms with van der Waals surface area (Å²) in [5, 5.41) is 0. The molecule has 0 saturated carbocycles. The zero-order chi connectivity index (χ0) is 5.98. The second kappa shape index (κ2) is 3.80. The molecule has 0 aliphatic carbocycles. The molecule has 0 aliphatic rings. The molecule has 1 atom stereocenters. The summed E-state index contributed by atoms with van der Waals surface area (Å²) in [7, 11) is 0. The van der Waals surface area contributed by atoms with Crippen LogP contribution in [0.3, 0.4) is 0 Å². The third-order valence-corrected chi connectivity index (χ3v) is 1.21. The monoisotopic (exact) mass is 183 g/mol. The Labute approximate surface area is 65.5 Å². The summed E-state index contributed by atoms with van der Waals surface area (Å²) in [6.07, 6.45) is 3.96. The van der Waals surface area contributed by atoms with Gasteiger partial charge >= 0.3 is 0 Å². The first-order valence-corrected chi connectivity index (χ1v) is 2.91. The van der Waals surface area contributed by atoms with Gasteiger partial charge in [-0.05, 0) is 0 Å². The summed E-state index contributed by atoms with van der Waals surface area (Å²) in [4.78, 5) is 3.51. The van der Waals surface area contributed by atoms with Gasteiger partial charge in [0, 0.05) is 29.8 Å². The van der Waals surface area contributed by atoms with Crippen molar-refractivity contribution in [3.05, 3.63) is 18.7 Å². The van der Waals surface area contributed by atoms with E-state index in [0.29, 0.717) is 0 Å². The maximum absolute atomic E-state index is 9.98. The molecule has 0 aliphatic heterocycles. The summed E-state index contributed by atoms with van der Waals surface area (Å²) in [6.45, 7) is 0. The molecule has 9 heavy (non-hydrogen) atoms. The van der Waals surface area contributed by atoms with Crippen molar-refractivity contribution in [1.29, 1.82) is 0 Å². The summed E-state index contributed by atoms with van der Waals surface area (Å²) in [5.41, 5.74) is 0. The van der Waals surface area contributed by atoms with Gasteiger partial charge in [-0.15, -0.1) is 0 Å². The van der Waals surface area contributed by atoms with Crippen LogP contribution in [0, 0.1) is 0 Å². The summed E-state index contributed by atoms with van der Waals surface area (Å²) >= 11 is -2.19. The van der Waals surface area contributed by atoms with Gasteiger partial charge in [0.2, 0.25) is 0 Å². The van der Waals surface area contributed by atoms with E-state index in [1.807, 2.05) is 0 Å². The fourth-order valence-corrected chi connectivity index (χ4v) is 0.620. The van der Waals surface area contributed by atoms with E-state index in [2.05, 4.69) is 4.98 Å². The Kier molecular flexibility index (Phi) is 3.74. The van der Waals surface area contributed by atoms with Crippen LogP contribution in [-0.2, 0) is 28.6 Å². The Morgan fingerprint density at radius 3 is 2.56 bits per heavy atom. The molecular formula is C3H3CrN2O2S-. The fraction of sp³-hybridized carbons (Fsp3) is 0. The van der Waals surface area contributed by atoms with Gasteiger partial charge in [-0.25, -0.2) is 4.98 Å². The number of hydrogen-bond acceptors (Lipinski definition) is 3. The zero-order valence-corrected chi connectivity index (χ0v) is 6.35. The molecule has 0 fully saturated rings. The topological polar surface area (TPSA) is 57.9 Å². The number of imidazole rings is 1. The molecule has 1 rings (SSSR count). The number of nitrogens with zero attached hydrogens (tertiary/aromatic N) is 2. The van der Waals surface area contributed by atoms with Crippen LogP contribution < -0.4 is 0 Å². The molecule has 6 heteroatoms. The second-order valence-electron chi connectivity index (χ2n) is 1.14. The van der Waals surface area contributed by atoms with Gasteiger partial charge in [0.25, 0.3) is 0 Å². The third kappa shape index (κ3) is 2.28. The Hall–Kier alpha value is -0.148. The van der Waals surface area contributed by atoms with E-state index >= 15 is 0 Å². The van der Waals surface area contributed by atoms with Crippen LogP contribution in [0.25, 0.3) is 0 Å². The van der Waals surface area contributed by atoms with E-state index in [4.69, 9.17) is 0 Å². The van der Waals surface area contributed by atoms with Crippen molar-refractivity contribution in [2.45, 2.75) is 0 Å². The van der Waals surface area contributed by atoms with Crippen LogP contribution in [0.5, 0.6) is 0 Å². The number of aromatic nitrogens is 2. The van der Waals surface area contributed by atoms with Crippen LogP contribution in [0.15, 0.2) is 18.7 Å². The summed E-state index contributed by atoms with van der Waals surface area (Å²) < 4.78 is 20.9. The normalized spacial score (nSPS) is 12.1. The van der Waals surface area contributed by atoms with E-state index in [9.17, 15) is 8.76 Å². The minimum Gasteiger partial charge on any atom is -0.755 e. The molecule has 4 nitrogen and oxygen atoms in total. The first-order chi connectivity index (χ1) is 3.80. The number of hydrogen-bond donors (Lipinski definition) is 0. The maximum atomic E-state index is 9.98. The molecule has 0 bridgehead atoms. The van der Waals surface area contributed by atoms with E-state index < -0.39 is 11.3 Å². The Morgan fingerprint density at radius 2 is 2.33 bits per heavy atom. The maximum Gasteiger partial charge on any atom is 0.106 e. The Morgan fingerprint density at radius 1 is 1.67 bits per heavy atom. The van der Waals surface area contributed by atoms with Gasteiger partial charge in [-0.1, -0.05) is 0 Å². The van der Waals surface area contributed by atoms with Crippen molar-refractivity contribution in [3.63, 3.8) is 0 Å². The predicted octanol–water partition coefficient (Wildman–Crippen LogP) is -0.477. The fourth-order valence-electron chi connectivity index (χ4n) is 0.335. The average Bonchev–Trinajstić information content (AvgIpc) is 2.12. The number of rotatable bonds is 1. The Balaban J connectivity index is 0.000000640. The molecule has 0 saturated heterocycles. The van der Waals surface area contributed by atoms with Gasteiger partial charge in [0.05, 0.1) is 11.3 Å². The summed E-state index contributed by atoms with van der Waals surface area (Å²) in [5.74, 6) is 0. The van der Waals surface area contributed by atoms with E-state index in [1.54, 1.807) is 0 Å². The van der Waals surface area contributed by atoms with Gasteiger partial charge in [0.1, 0.15) is 6.33 Å². The van der Waals surface area contributed by atoms with Crippen LogP contribution >= 0.6 is 0 Å². The molecule has 1 aromatic heterocycles. The molecule has 1 unspecified atom stereocenters. The largest absolute Gasteiger partial charge is 0.755 e. The van der Waals surface area contributed by atoms with E-state index in [0.717, 1.165) is 3.97 Å². The van der Waals surface area contributed by atoms with E-state index in [-0.39, 0.29) is 17.4 Å². The minimum absolute atomic E-state index is 0. The van der Waals surface area contributed by atoms with Gasteiger partial charge < -0.3 is 4.55 Å². The molecular weight excluding hydrogens is 180 g/mol.